The molecule has 7 heterocycles. The molecule has 10 heteroatoms. The van der Waals surface area contributed by atoms with Crippen molar-refractivity contribution in [1.82, 2.24) is 39.9 Å². The second kappa shape index (κ2) is 8.49. The number of nitrogens with zero attached hydrogens (tertiary/aromatic N) is 4. The largest absolute Gasteiger partial charge is 0.355 e. The highest BCUT2D eigenvalue weighted by Gasteiger charge is 2.28. The van der Waals surface area contributed by atoms with Gasteiger partial charge < -0.3 is 19.9 Å². The van der Waals surface area contributed by atoms with E-state index in [2.05, 4.69) is 39.9 Å². The Balaban J connectivity index is 1.60. The van der Waals surface area contributed by atoms with Crippen LogP contribution in [0.3, 0.4) is 0 Å². The third-order valence-electron chi connectivity index (χ3n) is 6.23. The van der Waals surface area contributed by atoms with E-state index in [-0.39, 0.29) is 22.8 Å². The lowest BCUT2D eigenvalue weighted by molar-refractivity contribution is 0.0997. The van der Waals surface area contributed by atoms with Gasteiger partial charge in [-0.15, -0.1) is 0 Å². The van der Waals surface area contributed by atoms with E-state index in [9.17, 15) is 9.59 Å². The van der Waals surface area contributed by atoms with Crippen molar-refractivity contribution >= 4 is 57.9 Å². The van der Waals surface area contributed by atoms with Gasteiger partial charge in [0.25, 0.3) is 0 Å². The van der Waals surface area contributed by atoms with Crippen LogP contribution in [-0.2, 0) is 0 Å². The number of carbonyl (C=O) groups excluding carboxylic acids is 2. The third kappa shape index (κ3) is 3.77. The zero-order valence-electron chi connectivity index (χ0n) is 19.7. The Morgan fingerprint density at radius 1 is 0.579 bits per heavy atom. The van der Waals surface area contributed by atoms with Gasteiger partial charge >= 0.3 is 0 Å². The van der Waals surface area contributed by atoms with E-state index in [0.29, 0.717) is 22.4 Å². The number of aromatic amines is 4. The number of nitrogens with one attached hydrogen (secondary N) is 4. The Labute approximate surface area is 214 Å². The summed E-state index contributed by atoms with van der Waals surface area (Å²) in [6.45, 7) is 0. The van der Waals surface area contributed by atoms with E-state index in [1.165, 1.54) is 12.4 Å². The SMILES string of the molecule is O=C(c1ncc[nH]1)c1c(C(=O)c2ncc[nH]2)c2cc3nc(cc4ccc(cc5nc(cc1[nH]2)C=C5)[nH]4)C=C3. The Kier molecular flexibility index (Phi) is 4.83. The quantitative estimate of drug-likeness (QED) is 0.261. The summed E-state index contributed by atoms with van der Waals surface area (Å²) in [6, 6.07) is 11.3. The fraction of sp³-hybridized carbons (Fsp3) is 0. The first-order valence-electron chi connectivity index (χ1n) is 11.8. The van der Waals surface area contributed by atoms with Gasteiger partial charge in [-0.1, -0.05) is 0 Å². The van der Waals surface area contributed by atoms with Crippen LogP contribution in [0.15, 0.2) is 61.2 Å². The predicted molar refractivity (Wildman–Crippen MR) is 143 cm³/mol. The molecule has 0 saturated heterocycles. The van der Waals surface area contributed by atoms with E-state index < -0.39 is 11.6 Å². The van der Waals surface area contributed by atoms with Crippen LogP contribution >= 0.6 is 0 Å². The van der Waals surface area contributed by atoms with Gasteiger partial charge in [0, 0.05) is 35.8 Å². The predicted octanol–water partition coefficient (Wildman–Crippen LogP) is 4.56. The fourth-order valence-electron chi connectivity index (χ4n) is 4.57. The summed E-state index contributed by atoms with van der Waals surface area (Å²) < 4.78 is 0. The molecule has 0 aliphatic carbocycles. The second-order valence-electron chi connectivity index (χ2n) is 8.77. The summed E-state index contributed by atoms with van der Waals surface area (Å²) >= 11 is 0. The van der Waals surface area contributed by atoms with E-state index in [0.717, 1.165) is 22.4 Å². The van der Waals surface area contributed by atoms with Crippen LogP contribution < -0.4 is 0 Å². The maximum Gasteiger partial charge on any atom is 0.231 e. The van der Waals surface area contributed by atoms with Crippen molar-refractivity contribution in [2.24, 2.45) is 0 Å². The number of hydrogen-bond donors (Lipinski definition) is 4. The second-order valence-corrected chi connectivity index (χ2v) is 8.77. The molecule has 10 nitrogen and oxygen atoms in total. The van der Waals surface area contributed by atoms with E-state index in [1.807, 2.05) is 48.6 Å². The maximum atomic E-state index is 13.7. The van der Waals surface area contributed by atoms with Crippen molar-refractivity contribution in [2.45, 2.75) is 0 Å². The minimum absolute atomic E-state index is 0.111. The highest BCUT2D eigenvalue weighted by Crippen LogP contribution is 2.27. The lowest BCUT2D eigenvalue weighted by Gasteiger charge is -2.01. The Hall–Kier alpha value is -5.64. The monoisotopic (exact) mass is 498 g/mol. The molecule has 8 bridgehead atoms. The minimum atomic E-state index is -0.439. The first kappa shape index (κ1) is 21.6. The summed E-state index contributed by atoms with van der Waals surface area (Å²) in [5, 5.41) is 0. The van der Waals surface area contributed by atoms with Crippen molar-refractivity contribution in [3.8, 4) is 0 Å². The topological polar surface area (TPSA) is 149 Å². The zero-order valence-corrected chi connectivity index (χ0v) is 19.7. The molecule has 38 heavy (non-hydrogen) atoms. The molecule has 5 aromatic rings. The van der Waals surface area contributed by atoms with Crippen molar-refractivity contribution in [3.63, 3.8) is 0 Å². The van der Waals surface area contributed by atoms with Gasteiger partial charge in [0.15, 0.2) is 11.6 Å². The number of fused-ring (bicyclic) bond motifs is 8. The first-order chi connectivity index (χ1) is 18.6. The Morgan fingerprint density at radius 3 is 1.45 bits per heavy atom. The number of imidazole rings is 2. The molecule has 5 aromatic heterocycles. The number of carbonyl (C=O) groups is 2. The first-order valence-corrected chi connectivity index (χ1v) is 11.8. The fourth-order valence-corrected chi connectivity index (χ4v) is 4.57. The van der Waals surface area contributed by atoms with Gasteiger partial charge in [-0.05, 0) is 60.7 Å². The molecule has 182 valence electrons. The van der Waals surface area contributed by atoms with Crippen LogP contribution in [0.1, 0.15) is 55.1 Å². The van der Waals surface area contributed by atoms with E-state index in [4.69, 9.17) is 0 Å². The van der Waals surface area contributed by atoms with Crippen LogP contribution in [-0.4, -0.2) is 51.4 Å². The smallest absolute Gasteiger partial charge is 0.231 e. The lowest BCUT2D eigenvalue weighted by Crippen LogP contribution is -2.11. The van der Waals surface area contributed by atoms with Crippen molar-refractivity contribution < 1.29 is 9.59 Å². The van der Waals surface area contributed by atoms with Gasteiger partial charge in [0.1, 0.15) is 0 Å². The number of ketones is 2. The average Bonchev–Trinajstić information content (AvgIpc) is 3.74. The molecule has 0 atom stereocenters. The molecule has 7 rings (SSSR count). The molecular weight excluding hydrogens is 480 g/mol. The van der Waals surface area contributed by atoms with Crippen molar-refractivity contribution in [1.29, 1.82) is 0 Å². The molecule has 0 saturated carbocycles. The highest BCUT2D eigenvalue weighted by atomic mass is 16.1. The molecule has 0 unspecified atom stereocenters. The normalized spacial score (nSPS) is 12.2. The summed E-state index contributed by atoms with van der Waals surface area (Å²) in [5.74, 6) is -0.655. The molecular formula is C28H18N8O2. The number of hydrogen-bond acceptors (Lipinski definition) is 6. The molecule has 0 fully saturated rings. The van der Waals surface area contributed by atoms with E-state index in [1.54, 1.807) is 24.5 Å². The summed E-state index contributed by atoms with van der Waals surface area (Å²) in [7, 11) is 0. The minimum Gasteiger partial charge on any atom is -0.355 e. The average molecular weight is 499 g/mol. The van der Waals surface area contributed by atoms with Crippen molar-refractivity contribution in [3.05, 3.63) is 107 Å². The van der Waals surface area contributed by atoms with Crippen LogP contribution in [0.5, 0.6) is 0 Å². The maximum absolute atomic E-state index is 13.7. The standard InChI is InChI=1S/C28H18N8O2/c37-25(27-29-7-8-30-27)23-21-13-19-5-3-17(34-19)11-15-1-2-16(33-15)12-18-4-6-20(35-18)14-22(36-21)24(23)26(38)28-31-9-10-32-28/h1-14,33,36H,(H,29,30)(H,31,32). The van der Waals surface area contributed by atoms with Gasteiger partial charge in [0.2, 0.25) is 11.6 Å². The molecule has 0 radical (unpaired) electrons. The molecule has 0 amide bonds. The Bertz CT molecular complexity index is 1820. The number of aromatic nitrogens is 8. The molecule has 2 aliphatic rings. The number of H-pyrrole nitrogens is 4. The summed E-state index contributed by atoms with van der Waals surface area (Å²) in [4.78, 5) is 57.4. The third-order valence-corrected chi connectivity index (χ3v) is 6.23. The number of rotatable bonds is 4. The van der Waals surface area contributed by atoms with Gasteiger partial charge in [-0.3, -0.25) is 9.59 Å². The molecule has 2 aliphatic heterocycles. The lowest BCUT2D eigenvalue weighted by atomic mass is 10.0. The van der Waals surface area contributed by atoms with Crippen LogP contribution in [0.4, 0.5) is 0 Å². The summed E-state index contributed by atoms with van der Waals surface area (Å²) in [6.07, 6.45) is 13.6. The van der Waals surface area contributed by atoms with Gasteiger partial charge in [0.05, 0.1) is 44.9 Å². The summed E-state index contributed by atoms with van der Waals surface area (Å²) in [5.41, 5.74) is 5.69. The van der Waals surface area contributed by atoms with Crippen molar-refractivity contribution in [2.75, 3.05) is 0 Å². The van der Waals surface area contributed by atoms with Crippen LogP contribution in [0, 0.1) is 0 Å². The Morgan fingerprint density at radius 2 is 1.03 bits per heavy atom. The molecule has 0 spiro atoms. The molecule has 0 aromatic carbocycles. The van der Waals surface area contributed by atoms with Crippen LogP contribution in [0.25, 0.3) is 46.4 Å². The van der Waals surface area contributed by atoms with Gasteiger partial charge in [-0.25, -0.2) is 19.9 Å². The zero-order chi connectivity index (χ0) is 25.6. The van der Waals surface area contributed by atoms with Crippen LogP contribution in [0.2, 0.25) is 0 Å². The van der Waals surface area contributed by atoms with E-state index >= 15 is 0 Å². The highest BCUT2D eigenvalue weighted by molar-refractivity contribution is 6.24. The molecule has 4 N–H and O–H groups in total. The van der Waals surface area contributed by atoms with Gasteiger partial charge in [-0.2, -0.15) is 0 Å².